The van der Waals surface area contributed by atoms with Crippen molar-refractivity contribution in [2.24, 2.45) is 0 Å². The van der Waals surface area contributed by atoms with Crippen LogP contribution in [0.1, 0.15) is 10.4 Å². The normalized spacial score (nSPS) is 15.5. The minimum Gasteiger partial charge on any atom is -0.393 e. The predicted molar refractivity (Wildman–Crippen MR) is 102 cm³/mol. The van der Waals surface area contributed by atoms with Gasteiger partial charge in [-0.1, -0.05) is 23.7 Å². The van der Waals surface area contributed by atoms with Crippen molar-refractivity contribution >= 4 is 34.8 Å². The van der Waals surface area contributed by atoms with Crippen LogP contribution in [0.4, 0.5) is 17.3 Å². The summed E-state index contributed by atoms with van der Waals surface area (Å²) >= 11 is 6.02. The summed E-state index contributed by atoms with van der Waals surface area (Å²) in [5.74, 6) is 0.401. The van der Waals surface area contributed by atoms with Crippen LogP contribution in [0.15, 0.2) is 30.6 Å². The molecule has 138 valence electrons. The molecule has 1 saturated heterocycles. The standard InChI is InChI=1S/C16H21ClN8O/c1-24-6-8-25(9-7-24)23-15-13(18)14(19-10-20-15)21-22-16(26)11-4-2-3-5-12(11)17/h2-5,10H,6-9,18H2,1H3,(H,22,26)(H2,19,20,21,23). The largest absolute Gasteiger partial charge is 0.393 e. The number of halogens is 1. The molecule has 1 aromatic heterocycles. The number of benzene rings is 1. The van der Waals surface area contributed by atoms with E-state index in [1.54, 1.807) is 24.3 Å². The van der Waals surface area contributed by atoms with Gasteiger partial charge < -0.3 is 16.1 Å². The summed E-state index contributed by atoms with van der Waals surface area (Å²) in [6.45, 7) is 3.62. The molecule has 1 aliphatic rings. The summed E-state index contributed by atoms with van der Waals surface area (Å²) in [5.41, 5.74) is 15.2. The maximum absolute atomic E-state index is 12.2. The predicted octanol–water partition coefficient (Wildman–Crippen LogP) is 1.04. The molecule has 0 unspecified atom stereocenters. The van der Waals surface area contributed by atoms with Gasteiger partial charge >= 0.3 is 0 Å². The lowest BCUT2D eigenvalue weighted by Crippen LogP contribution is -2.47. The number of nitrogens with one attached hydrogen (secondary N) is 3. The number of carbonyl (C=O) groups excluding carboxylic acids is 1. The van der Waals surface area contributed by atoms with Crippen molar-refractivity contribution in [2.75, 3.05) is 49.8 Å². The van der Waals surface area contributed by atoms with Crippen molar-refractivity contribution in [3.05, 3.63) is 41.2 Å². The number of nitrogens with zero attached hydrogens (tertiary/aromatic N) is 4. The number of piperazine rings is 1. The van der Waals surface area contributed by atoms with Crippen LogP contribution < -0.4 is 22.0 Å². The molecule has 1 fully saturated rings. The lowest BCUT2D eigenvalue weighted by Gasteiger charge is -2.32. The number of aromatic nitrogens is 2. The molecule has 2 aromatic rings. The molecular weight excluding hydrogens is 356 g/mol. The molecule has 26 heavy (non-hydrogen) atoms. The molecule has 0 atom stereocenters. The summed E-state index contributed by atoms with van der Waals surface area (Å²) in [7, 11) is 2.08. The molecule has 0 radical (unpaired) electrons. The Morgan fingerprint density at radius 1 is 1.15 bits per heavy atom. The number of hydrazine groups is 2. The van der Waals surface area contributed by atoms with Gasteiger partial charge in [-0.2, -0.15) is 0 Å². The molecule has 9 nitrogen and oxygen atoms in total. The van der Waals surface area contributed by atoms with Gasteiger partial charge in [-0.15, -0.1) is 0 Å². The highest BCUT2D eigenvalue weighted by Crippen LogP contribution is 2.22. The quantitative estimate of drug-likeness (QED) is 0.573. The van der Waals surface area contributed by atoms with E-state index >= 15 is 0 Å². The minimum absolute atomic E-state index is 0.303. The Kier molecular flexibility index (Phi) is 5.71. The van der Waals surface area contributed by atoms with E-state index in [0.29, 0.717) is 27.9 Å². The summed E-state index contributed by atoms with van der Waals surface area (Å²) in [5, 5.41) is 2.41. The molecule has 1 amide bonds. The summed E-state index contributed by atoms with van der Waals surface area (Å²) < 4.78 is 0. The fourth-order valence-corrected chi connectivity index (χ4v) is 2.70. The first kappa shape index (κ1) is 18.2. The Balaban J connectivity index is 1.64. The van der Waals surface area contributed by atoms with E-state index in [0.717, 1.165) is 26.2 Å². The van der Waals surface area contributed by atoms with Crippen LogP contribution in [-0.2, 0) is 0 Å². The molecule has 0 bridgehead atoms. The van der Waals surface area contributed by atoms with Gasteiger partial charge in [-0.05, 0) is 19.2 Å². The highest BCUT2D eigenvalue weighted by molar-refractivity contribution is 6.33. The van der Waals surface area contributed by atoms with E-state index in [9.17, 15) is 4.79 Å². The average molecular weight is 377 g/mol. The van der Waals surface area contributed by atoms with Gasteiger partial charge in [-0.3, -0.25) is 15.6 Å². The second kappa shape index (κ2) is 8.17. The van der Waals surface area contributed by atoms with Crippen LogP contribution in [0.2, 0.25) is 5.02 Å². The Morgan fingerprint density at radius 2 is 1.85 bits per heavy atom. The third-order valence-electron chi connectivity index (χ3n) is 4.06. The van der Waals surface area contributed by atoms with Crippen molar-refractivity contribution < 1.29 is 4.79 Å². The molecule has 1 aromatic carbocycles. The van der Waals surface area contributed by atoms with E-state index in [1.165, 1.54) is 6.33 Å². The fraction of sp³-hybridized carbons (Fsp3) is 0.312. The van der Waals surface area contributed by atoms with Gasteiger partial charge in [-0.25, -0.2) is 15.0 Å². The third-order valence-corrected chi connectivity index (χ3v) is 4.39. The number of nitrogen functional groups attached to an aromatic ring is 1. The van der Waals surface area contributed by atoms with Gasteiger partial charge in [0.2, 0.25) is 0 Å². The lowest BCUT2D eigenvalue weighted by molar-refractivity contribution is 0.0962. The molecule has 1 aliphatic heterocycles. The maximum Gasteiger partial charge on any atom is 0.271 e. The van der Waals surface area contributed by atoms with E-state index in [4.69, 9.17) is 17.3 Å². The topological polar surface area (TPSA) is 111 Å². The van der Waals surface area contributed by atoms with Crippen molar-refractivity contribution in [2.45, 2.75) is 0 Å². The minimum atomic E-state index is -0.387. The zero-order chi connectivity index (χ0) is 18.5. The first-order valence-corrected chi connectivity index (χ1v) is 8.54. The van der Waals surface area contributed by atoms with E-state index < -0.39 is 0 Å². The van der Waals surface area contributed by atoms with Crippen LogP contribution in [0.3, 0.4) is 0 Å². The Hall–Kier alpha value is -2.62. The van der Waals surface area contributed by atoms with Gasteiger partial charge in [0.15, 0.2) is 11.6 Å². The second-order valence-corrected chi connectivity index (χ2v) is 6.35. The summed E-state index contributed by atoms with van der Waals surface area (Å²) in [6.07, 6.45) is 1.37. The number of hydrogen-bond acceptors (Lipinski definition) is 8. The molecule has 0 aliphatic carbocycles. The number of nitrogens with two attached hydrogens (primary N) is 1. The number of likely N-dealkylation sites (N-methyl/N-ethyl adjacent to an activating group) is 1. The smallest absolute Gasteiger partial charge is 0.271 e. The lowest BCUT2D eigenvalue weighted by atomic mass is 10.2. The van der Waals surface area contributed by atoms with Gasteiger partial charge in [0.25, 0.3) is 5.91 Å². The van der Waals surface area contributed by atoms with Crippen molar-refractivity contribution in [3.8, 4) is 0 Å². The van der Waals surface area contributed by atoms with Crippen molar-refractivity contribution in [3.63, 3.8) is 0 Å². The van der Waals surface area contributed by atoms with Crippen molar-refractivity contribution in [1.82, 2.24) is 25.3 Å². The number of carbonyl (C=O) groups is 1. The van der Waals surface area contributed by atoms with Crippen LogP contribution in [0.5, 0.6) is 0 Å². The maximum atomic E-state index is 12.2. The molecule has 10 heteroatoms. The third kappa shape index (κ3) is 4.31. The molecule has 0 saturated carbocycles. The highest BCUT2D eigenvalue weighted by Gasteiger charge is 2.17. The first-order chi connectivity index (χ1) is 12.5. The SMILES string of the molecule is CN1CCN(Nc2ncnc(NNC(=O)c3ccccc3Cl)c2N)CC1. The van der Waals surface area contributed by atoms with Gasteiger partial charge in [0.1, 0.15) is 12.0 Å². The summed E-state index contributed by atoms with van der Waals surface area (Å²) in [6, 6.07) is 6.76. The number of amides is 1. The van der Waals surface area contributed by atoms with Gasteiger partial charge in [0, 0.05) is 26.2 Å². The summed E-state index contributed by atoms with van der Waals surface area (Å²) in [4.78, 5) is 22.7. The number of rotatable bonds is 5. The number of anilines is 3. The molecule has 3 rings (SSSR count). The highest BCUT2D eigenvalue weighted by atomic mass is 35.5. The van der Waals surface area contributed by atoms with Crippen LogP contribution in [0, 0.1) is 0 Å². The van der Waals surface area contributed by atoms with E-state index in [2.05, 4.69) is 38.2 Å². The Labute approximate surface area is 156 Å². The van der Waals surface area contributed by atoms with E-state index in [-0.39, 0.29) is 5.91 Å². The van der Waals surface area contributed by atoms with Gasteiger partial charge in [0.05, 0.1) is 10.6 Å². The average Bonchev–Trinajstić information content (AvgIpc) is 2.64. The zero-order valence-corrected chi connectivity index (χ0v) is 15.1. The molecule has 0 spiro atoms. The van der Waals surface area contributed by atoms with Crippen LogP contribution >= 0.6 is 11.6 Å². The number of hydrogen-bond donors (Lipinski definition) is 4. The fourth-order valence-electron chi connectivity index (χ4n) is 2.48. The Bertz CT molecular complexity index is 779. The second-order valence-electron chi connectivity index (χ2n) is 5.95. The molecule has 2 heterocycles. The van der Waals surface area contributed by atoms with Crippen LogP contribution in [0.25, 0.3) is 0 Å². The molecular formula is C16H21ClN8O. The molecule has 5 N–H and O–H groups in total. The van der Waals surface area contributed by atoms with Crippen LogP contribution in [-0.4, -0.2) is 59.0 Å². The first-order valence-electron chi connectivity index (χ1n) is 8.16. The zero-order valence-electron chi connectivity index (χ0n) is 14.4. The monoisotopic (exact) mass is 376 g/mol. The van der Waals surface area contributed by atoms with Crippen molar-refractivity contribution in [1.29, 1.82) is 0 Å². The Morgan fingerprint density at radius 3 is 2.58 bits per heavy atom. The van der Waals surface area contributed by atoms with E-state index in [1.807, 2.05) is 5.01 Å².